The number of hydrogen-bond donors (Lipinski definition) is 1. The van der Waals surface area contributed by atoms with Crippen molar-refractivity contribution in [2.45, 2.75) is 13.1 Å². The molecule has 38 heavy (non-hydrogen) atoms. The van der Waals surface area contributed by atoms with Crippen LogP contribution in [-0.4, -0.2) is 41.9 Å². The molecule has 5 aromatic heterocycles. The molecule has 1 aromatic carbocycles. The molecule has 0 saturated carbocycles. The number of anilines is 1. The van der Waals surface area contributed by atoms with Crippen LogP contribution >= 0.6 is 11.3 Å². The van der Waals surface area contributed by atoms with Crippen molar-refractivity contribution < 1.29 is 9.18 Å². The molecule has 0 saturated heterocycles. The lowest BCUT2D eigenvalue weighted by Crippen LogP contribution is -2.30. The Morgan fingerprint density at radius 3 is 2.79 bits per heavy atom. The molecule has 0 fully saturated rings. The minimum atomic E-state index is -0.681. The number of carbonyl (C=O) groups excluding carboxylic acids is 1. The number of fused-ring (bicyclic) bond motifs is 5. The van der Waals surface area contributed by atoms with E-state index in [1.54, 1.807) is 51.9 Å². The number of rotatable bonds is 6. The lowest BCUT2D eigenvalue weighted by Gasteiger charge is -2.19. The first-order chi connectivity index (χ1) is 18.4. The maximum Gasteiger partial charge on any atom is 0.258 e. The molecule has 0 bridgehead atoms. The average molecular weight is 529 g/mol. The highest BCUT2D eigenvalue weighted by molar-refractivity contribution is 7.24. The first-order valence-corrected chi connectivity index (χ1v) is 12.5. The van der Waals surface area contributed by atoms with Crippen molar-refractivity contribution in [3.63, 3.8) is 0 Å². The van der Waals surface area contributed by atoms with Gasteiger partial charge in [-0.05, 0) is 18.2 Å². The van der Waals surface area contributed by atoms with Gasteiger partial charge in [-0.25, -0.2) is 14.4 Å². The van der Waals surface area contributed by atoms with E-state index in [-0.39, 0.29) is 35.5 Å². The highest BCUT2D eigenvalue weighted by atomic mass is 32.1. The van der Waals surface area contributed by atoms with Gasteiger partial charge in [0, 0.05) is 38.9 Å². The minimum Gasteiger partial charge on any atom is -0.351 e. The second kappa shape index (κ2) is 9.30. The summed E-state index contributed by atoms with van der Waals surface area (Å²) in [5.41, 5.74) is 1.02. The number of thiazole rings is 1. The smallest absolute Gasteiger partial charge is 0.258 e. The van der Waals surface area contributed by atoms with Gasteiger partial charge in [-0.1, -0.05) is 12.1 Å². The molecular weight excluding hydrogens is 507 g/mol. The van der Waals surface area contributed by atoms with Gasteiger partial charge in [-0.2, -0.15) is 0 Å². The number of halogens is 1. The topological polar surface area (TPSA) is 110 Å². The molecule has 6 rings (SSSR count). The summed E-state index contributed by atoms with van der Waals surface area (Å²) in [7, 11) is 3.51. The van der Waals surface area contributed by atoms with Crippen molar-refractivity contribution >= 4 is 49.1 Å². The zero-order valence-corrected chi connectivity index (χ0v) is 21.2. The Kier molecular flexibility index (Phi) is 5.80. The number of aromatic nitrogens is 6. The summed E-state index contributed by atoms with van der Waals surface area (Å²) < 4.78 is 19.8. The van der Waals surface area contributed by atoms with E-state index in [9.17, 15) is 9.59 Å². The van der Waals surface area contributed by atoms with Crippen molar-refractivity contribution in [1.82, 2.24) is 34.2 Å². The molecule has 12 heteroatoms. The Morgan fingerprint density at radius 1 is 1.18 bits per heavy atom. The fourth-order valence-corrected chi connectivity index (χ4v) is 5.59. The quantitative estimate of drug-likeness (QED) is 0.353. The molecule has 0 aliphatic carbocycles. The molecule has 10 nitrogen and oxygen atoms in total. The van der Waals surface area contributed by atoms with E-state index in [0.717, 1.165) is 16.3 Å². The summed E-state index contributed by atoms with van der Waals surface area (Å²) in [6.07, 6.45) is 8.12. The van der Waals surface area contributed by atoms with E-state index in [1.807, 2.05) is 31.3 Å². The number of amides is 1. The maximum atomic E-state index is 15.4. The predicted molar refractivity (Wildman–Crippen MR) is 143 cm³/mol. The zero-order valence-electron chi connectivity index (χ0n) is 20.4. The van der Waals surface area contributed by atoms with Crippen LogP contribution in [0.25, 0.3) is 26.1 Å². The standard InChI is InChI=1S/C26H21FN8O2S/c1-33-10-9-30-20(33)13-31-25(37)21-22(36)16-11-17(27)24(34(2)14-15-12-28-7-8-29-15)32-23(16)35-18-5-3-4-6-19(18)38-26(21)35/h3-12H,13-14H2,1-2H3,(H,31,37). The Labute approximate surface area is 219 Å². The largest absolute Gasteiger partial charge is 0.351 e. The number of nitrogens with one attached hydrogen (secondary N) is 1. The average Bonchev–Trinajstić information content (AvgIpc) is 3.51. The molecule has 5 heterocycles. The lowest BCUT2D eigenvalue weighted by atomic mass is 10.1. The normalized spacial score (nSPS) is 11.4. The van der Waals surface area contributed by atoms with Gasteiger partial charge < -0.3 is 14.8 Å². The van der Waals surface area contributed by atoms with Gasteiger partial charge in [0.2, 0.25) is 5.43 Å². The number of imidazole rings is 1. The van der Waals surface area contributed by atoms with Crippen molar-refractivity contribution in [1.29, 1.82) is 0 Å². The summed E-state index contributed by atoms with van der Waals surface area (Å²) in [6, 6.07) is 8.69. The van der Waals surface area contributed by atoms with Crippen LogP contribution in [0.4, 0.5) is 10.2 Å². The molecule has 0 spiro atoms. The Hall–Kier alpha value is -4.71. The van der Waals surface area contributed by atoms with Crippen LogP contribution in [0.15, 0.2) is 66.1 Å². The van der Waals surface area contributed by atoms with Gasteiger partial charge in [-0.15, -0.1) is 11.3 Å². The van der Waals surface area contributed by atoms with E-state index in [0.29, 0.717) is 16.3 Å². The van der Waals surface area contributed by atoms with Gasteiger partial charge >= 0.3 is 0 Å². The summed E-state index contributed by atoms with van der Waals surface area (Å²) in [5, 5.41) is 2.81. The minimum absolute atomic E-state index is 0.0161. The highest BCUT2D eigenvalue weighted by Gasteiger charge is 2.25. The van der Waals surface area contributed by atoms with Gasteiger partial charge in [0.1, 0.15) is 16.2 Å². The third-order valence-corrected chi connectivity index (χ3v) is 7.43. The Balaban J connectivity index is 1.53. The van der Waals surface area contributed by atoms with Gasteiger partial charge in [-0.3, -0.25) is 24.0 Å². The molecule has 0 aliphatic rings. The van der Waals surface area contributed by atoms with Gasteiger partial charge in [0.15, 0.2) is 17.3 Å². The van der Waals surface area contributed by atoms with E-state index < -0.39 is 17.2 Å². The van der Waals surface area contributed by atoms with Gasteiger partial charge in [0.25, 0.3) is 5.91 Å². The number of carbonyl (C=O) groups is 1. The first kappa shape index (κ1) is 23.7. The van der Waals surface area contributed by atoms with Crippen LogP contribution in [0.2, 0.25) is 0 Å². The Morgan fingerprint density at radius 2 is 2.03 bits per heavy atom. The number of nitrogens with zero attached hydrogens (tertiary/aromatic N) is 7. The van der Waals surface area contributed by atoms with Crippen molar-refractivity contribution in [2.75, 3.05) is 11.9 Å². The first-order valence-electron chi connectivity index (χ1n) is 11.7. The molecular formula is C26H21FN8O2S. The van der Waals surface area contributed by atoms with Crippen LogP contribution in [0.1, 0.15) is 21.9 Å². The second-order valence-electron chi connectivity index (χ2n) is 8.77. The van der Waals surface area contributed by atoms with Crippen molar-refractivity contribution in [3.8, 4) is 0 Å². The molecule has 1 amide bonds. The molecule has 1 N–H and O–H groups in total. The number of para-hydroxylation sites is 1. The number of hydrogen-bond acceptors (Lipinski definition) is 8. The lowest BCUT2D eigenvalue weighted by molar-refractivity contribution is 0.0950. The number of pyridine rings is 2. The second-order valence-corrected chi connectivity index (χ2v) is 9.80. The third kappa shape index (κ3) is 3.95. The van der Waals surface area contributed by atoms with Crippen LogP contribution in [0.3, 0.4) is 0 Å². The van der Waals surface area contributed by atoms with E-state index >= 15 is 4.39 Å². The number of benzene rings is 1. The number of aryl methyl sites for hydroxylation is 1. The molecule has 190 valence electrons. The van der Waals surface area contributed by atoms with E-state index in [4.69, 9.17) is 0 Å². The predicted octanol–water partition coefficient (Wildman–Crippen LogP) is 3.29. The van der Waals surface area contributed by atoms with Crippen molar-refractivity contribution in [2.24, 2.45) is 7.05 Å². The zero-order chi connectivity index (χ0) is 26.4. The van der Waals surface area contributed by atoms with E-state index in [1.165, 1.54) is 11.3 Å². The fraction of sp³-hybridized carbons (Fsp3) is 0.154. The van der Waals surface area contributed by atoms with Crippen LogP contribution in [0.5, 0.6) is 0 Å². The summed E-state index contributed by atoms with van der Waals surface area (Å²) in [5.74, 6) is -0.554. The molecule has 0 aliphatic heterocycles. The summed E-state index contributed by atoms with van der Waals surface area (Å²) in [4.78, 5) is 46.2. The van der Waals surface area contributed by atoms with Crippen LogP contribution in [-0.2, 0) is 20.1 Å². The SMILES string of the molecule is CN(Cc1cnccn1)c1nc2c(cc1F)c(=O)c(C(=O)NCc1nccn1C)c1sc3ccccc3n12. The third-order valence-electron chi connectivity index (χ3n) is 6.28. The molecule has 0 unspecified atom stereocenters. The van der Waals surface area contributed by atoms with Crippen molar-refractivity contribution in [3.05, 3.63) is 94.4 Å². The summed E-state index contributed by atoms with van der Waals surface area (Å²) >= 11 is 1.31. The molecule has 0 atom stereocenters. The van der Waals surface area contributed by atoms with Crippen LogP contribution < -0.4 is 15.6 Å². The highest BCUT2D eigenvalue weighted by Crippen LogP contribution is 2.32. The monoisotopic (exact) mass is 528 g/mol. The van der Waals surface area contributed by atoms with E-state index in [2.05, 4.69) is 25.3 Å². The fourth-order valence-electron chi connectivity index (χ4n) is 4.41. The Bertz CT molecular complexity index is 1900. The van der Waals surface area contributed by atoms with Crippen LogP contribution in [0, 0.1) is 5.82 Å². The summed E-state index contributed by atoms with van der Waals surface area (Å²) in [6.45, 7) is 0.398. The maximum absolute atomic E-state index is 15.4. The van der Waals surface area contributed by atoms with Gasteiger partial charge in [0.05, 0.1) is 40.6 Å². The molecule has 0 radical (unpaired) electrons. The molecule has 6 aromatic rings.